The van der Waals surface area contributed by atoms with Crippen LogP contribution in [0.15, 0.2) is 8.68 Å². The number of amides is 3. The maximum absolute atomic E-state index is 11.8. The molecule has 0 bridgehead atoms. The number of thioether (sulfide) groups is 2. The van der Waals surface area contributed by atoms with E-state index in [-0.39, 0.29) is 11.9 Å². The van der Waals surface area contributed by atoms with E-state index < -0.39 is 11.3 Å². The second-order valence-electron chi connectivity index (χ2n) is 3.92. The third-order valence-electron chi connectivity index (χ3n) is 1.87. The number of nitrogens with one attached hydrogen (secondary N) is 2. The van der Waals surface area contributed by atoms with Gasteiger partial charge in [0.1, 0.15) is 0 Å². The largest absolute Gasteiger partial charge is 0.336 e. The molecule has 3 amide bonds. The van der Waals surface area contributed by atoms with Gasteiger partial charge >= 0.3 is 6.03 Å². The molecule has 0 fully saturated rings. The molecule has 1 aromatic rings. The van der Waals surface area contributed by atoms with Gasteiger partial charge in [0.05, 0.1) is 5.25 Å². The van der Waals surface area contributed by atoms with Crippen LogP contribution in [0.5, 0.6) is 0 Å². The van der Waals surface area contributed by atoms with Crippen molar-refractivity contribution in [3.63, 3.8) is 0 Å². The average molecular weight is 320 g/mol. The number of hydrogen-bond donors (Lipinski definition) is 2. The zero-order valence-electron chi connectivity index (χ0n) is 11.1. The van der Waals surface area contributed by atoms with Crippen LogP contribution in [0.25, 0.3) is 0 Å². The zero-order valence-corrected chi connectivity index (χ0v) is 13.5. The van der Waals surface area contributed by atoms with E-state index in [1.807, 2.05) is 20.1 Å². The van der Waals surface area contributed by atoms with Crippen molar-refractivity contribution in [1.82, 2.24) is 20.8 Å². The number of carbonyl (C=O) groups is 2. The lowest BCUT2D eigenvalue weighted by Gasteiger charge is -2.11. The number of hydrogen-bond acceptors (Lipinski definition) is 7. The Morgan fingerprint density at radius 3 is 2.37 bits per heavy atom. The van der Waals surface area contributed by atoms with Crippen molar-refractivity contribution in [2.24, 2.45) is 0 Å². The van der Waals surface area contributed by atoms with Gasteiger partial charge in [-0.1, -0.05) is 34.9 Å². The van der Waals surface area contributed by atoms with Crippen LogP contribution in [0.1, 0.15) is 20.8 Å². The van der Waals surface area contributed by atoms with Crippen LogP contribution in [0, 0.1) is 0 Å². The molecule has 1 atom stereocenters. The molecule has 1 heterocycles. The highest BCUT2D eigenvalue weighted by atomic mass is 32.2. The molecule has 9 heteroatoms. The highest BCUT2D eigenvalue weighted by Crippen LogP contribution is 2.30. The summed E-state index contributed by atoms with van der Waals surface area (Å²) in [5, 5.41) is 12.4. The van der Waals surface area contributed by atoms with Crippen LogP contribution >= 0.6 is 34.9 Å². The minimum Gasteiger partial charge on any atom is -0.336 e. The van der Waals surface area contributed by atoms with Gasteiger partial charge in [0.25, 0.3) is 0 Å². The molecule has 0 saturated carbocycles. The Hall–Kier alpha value is -0.800. The van der Waals surface area contributed by atoms with Crippen LogP contribution < -0.4 is 10.6 Å². The van der Waals surface area contributed by atoms with Gasteiger partial charge in [0.2, 0.25) is 5.91 Å². The molecule has 0 spiro atoms. The van der Waals surface area contributed by atoms with Crippen LogP contribution in [0.3, 0.4) is 0 Å². The Kier molecular flexibility index (Phi) is 6.59. The summed E-state index contributed by atoms with van der Waals surface area (Å²) in [4.78, 5) is 23.2. The molecule has 0 saturated heterocycles. The van der Waals surface area contributed by atoms with Crippen molar-refractivity contribution in [3.8, 4) is 0 Å². The van der Waals surface area contributed by atoms with Gasteiger partial charge in [-0.2, -0.15) is 0 Å². The van der Waals surface area contributed by atoms with Crippen LogP contribution in [-0.2, 0) is 4.79 Å². The first-order valence-electron chi connectivity index (χ1n) is 5.58. The Morgan fingerprint density at radius 2 is 1.84 bits per heavy atom. The summed E-state index contributed by atoms with van der Waals surface area (Å²) in [5.74, 6) is -0.343. The van der Waals surface area contributed by atoms with Crippen LogP contribution in [-0.4, -0.2) is 39.7 Å². The minimum atomic E-state index is -0.477. The molecule has 0 aliphatic carbocycles. The van der Waals surface area contributed by atoms with E-state index in [0.29, 0.717) is 0 Å². The van der Waals surface area contributed by atoms with Crippen molar-refractivity contribution in [2.75, 3.05) is 6.26 Å². The molecule has 0 aromatic carbocycles. The number of nitrogens with zero attached hydrogens (tertiary/aromatic N) is 2. The highest BCUT2D eigenvalue weighted by Gasteiger charge is 2.19. The van der Waals surface area contributed by atoms with Crippen LogP contribution in [0.4, 0.5) is 4.79 Å². The normalized spacial score (nSPS) is 12.3. The Balaban J connectivity index is 2.46. The number of urea groups is 1. The summed E-state index contributed by atoms with van der Waals surface area (Å²) < 4.78 is 1.57. The van der Waals surface area contributed by atoms with E-state index in [1.165, 1.54) is 34.9 Å². The van der Waals surface area contributed by atoms with E-state index in [0.717, 1.165) is 8.68 Å². The Labute approximate surface area is 124 Å². The molecule has 1 rings (SSSR count). The number of imide groups is 1. The van der Waals surface area contributed by atoms with Crippen molar-refractivity contribution < 1.29 is 9.59 Å². The van der Waals surface area contributed by atoms with Gasteiger partial charge in [0, 0.05) is 6.04 Å². The summed E-state index contributed by atoms with van der Waals surface area (Å²) in [5.41, 5.74) is 0. The molecular weight excluding hydrogens is 304 g/mol. The second kappa shape index (κ2) is 7.71. The minimum absolute atomic E-state index is 0.0111. The molecule has 0 radical (unpaired) electrons. The van der Waals surface area contributed by atoms with Gasteiger partial charge in [-0.25, -0.2) is 4.79 Å². The van der Waals surface area contributed by atoms with Crippen molar-refractivity contribution >= 4 is 46.8 Å². The quantitative estimate of drug-likeness (QED) is 0.807. The van der Waals surface area contributed by atoms with Gasteiger partial charge < -0.3 is 5.32 Å². The first kappa shape index (κ1) is 16.3. The number of carbonyl (C=O) groups excluding carboxylic acids is 2. The molecule has 6 nitrogen and oxygen atoms in total. The predicted molar refractivity (Wildman–Crippen MR) is 78.8 cm³/mol. The highest BCUT2D eigenvalue weighted by molar-refractivity contribution is 8.03. The summed E-state index contributed by atoms with van der Waals surface area (Å²) >= 11 is 4.23. The smallest absolute Gasteiger partial charge is 0.321 e. The third kappa shape index (κ3) is 5.79. The van der Waals surface area contributed by atoms with E-state index in [9.17, 15) is 9.59 Å². The average Bonchev–Trinajstić information content (AvgIpc) is 2.75. The van der Waals surface area contributed by atoms with E-state index >= 15 is 0 Å². The SMILES string of the molecule is CSc1nnc(S[C@@H](C)C(=O)NC(=O)NC(C)C)s1. The van der Waals surface area contributed by atoms with Crippen LogP contribution in [0.2, 0.25) is 0 Å². The van der Waals surface area contributed by atoms with Crippen molar-refractivity contribution in [2.45, 2.75) is 40.7 Å². The molecule has 2 N–H and O–H groups in total. The molecular formula is C10H16N4O2S3. The maximum Gasteiger partial charge on any atom is 0.321 e. The van der Waals surface area contributed by atoms with Gasteiger partial charge in [-0.3, -0.25) is 10.1 Å². The molecule has 106 valence electrons. The molecule has 0 aliphatic heterocycles. The summed E-state index contributed by atoms with van der Waals surface area (Å²) in [6.07, 6.45) is 1.92. The van der Waals surface area contributed by atoms with E-state index in [4.69, 9.17) is 0 Å². The molecule has 0 aliphatic rings. The molecule has 19 heavy (non-hydrogen) atoms. The summed E-state index contributed by atoms with van der Waals surface area (Å²) in [6, 6.07) is -0.488. The fraction of sp³-hybridized carbons (Fsp3) is 0.600. The lowest BCUT2D eigenvalue weighted by molar-refractivity contribution is -0.119. The first-order valence-corrected chi connectivity index (χ1v) is 8.50. The van der Waals surface area contributed by atoms with Gasteiger partial charge in [0.15, 0.2) is 8.68 Å². The third-order valence-corrected chi connectivity index (χ3v) is 4.95. The van der Waals surface area contributed by atoms with Gasteiger partial charge in [-0.15, -0.1) is 10.2 Å². The summed E-state index contributed by atoms with van der Waals surface area (Å²) in [7, 11) is 0. The standard InChI is InChI=1S/C10H16N4O2S3/c1-5(2)11-8(16)12-7(15)6(3)18-10-14-13-9(17-4)19-10/h5-6H,1-4H3,(H2,11,12,15,16)/t6-/m0/s1. The lowest BCUT2D eigenvalue weighted by atomic mass is 10.4. The number of aromatic nitrogens is 2. The molecule has 1 aromatic heterocycles. The maximum atomic E-state index is 11.8. The molecule has 0 unspecified atom stereocenters. The fourth-order valence-electron chi connectivity index (χ4n) is 1.04. The van der Waals surface area contributed by atoms with E-state index in [1.54, 1.807) is 6.92 Å². The van der Waals surface area contributed by atoms with Crippen molar-refractivity contribution in [3.05, 3.63) is 0 Å². The topological polar surface area (TPSA) is 84.0 Å². The van der Waals surface area contributed by atoms with E-state index in [2.05, 4.69) is 20.8 Å². The fourth-order valence-corrected chi connectivity index (χ4v) is 3.63. The second-order valence-corrected chi connectivity index (χ2v) is 7.53. The lowest BCUT2D eigenvalue weighted by Crippen LogP contribution is -2.45. The Bertz CT molecular complexity index is 450. The first-order chi connectivity index (χ1) is 8.92. The predicted octanol–water partition coefficient (Wildman–Crippen LogP) is 1.97. The Morgan fingerprint density at radius 1 is 1.21 bits per heavy atom. The van der Waals surface area contributed by atoms with Gasteiger partial charge in [-0.05, 0) is 27.0 Å². The number of rotatable bonds is 5. The monoisotopic (exact) mass is 320 g/mol. The summed E-state index contributed by atoms with van der Waals surface area (Å²) in [6.45, 7) is 5.38. The zero-order chi connectivity index (χ0) is 14.4. The van der Waals surface area contributed by atoms with Crippen molar-refractivity contribution in [1.29, 1.82) is 0 Å².